The molecule has 0 aromatic carbocycles. The molecule has 1 aromatic heterocycles. The molecule has 1 rings (SSSR count). The van der Waals surface area contributed by atoms with Crippen molar-refractivity contribution >= 4 is 17.9 Å². The Labute approximate surface area is 117 Å². The van der Waals surface area contributed by atoms with Crippen molar-refractivity contribution < 1.29 is 14.3 Å². The van der Waals surface area contributed by atoms with Gasteiger partial charge < -0.3 is 10.5 Å². The lowest BCUT2D eigenvalue weighted by Gasteiger charge is -2.25. The molecule has 0 radical (unpaired) electrons. The van der Waals surface area contributed by atoms with E-state index in [1.165, 1.54) is 18.6 Å². The molecule has 0 atom stereocenters. The van der Waals surface area contributed by atoms with Crippen LogP contribution in [-0.2, 0) is 4.74 Å². The van der Waals surface area contributed by atoms with Gasteiger partial charge in [-0.15, -0.1) is 0 Å². The Morgan fingerprint density at radius 3 is 2.60 bits per heavy atom. The van der Waals surface area contributed by atoms with E-state index in [0.717, 1.165) is 4.90 Å². The van der Waals surface area contributed by atoms with E-state index >= 15 is 0 Å². The van der Waals surface area contributed by atoms with Crippen molar-refractivity contribution in [3.8, 4) is 0 Å². The summed E-state index contributed by atoms with van der Waals surface area (Å²) in [6, 6.07) is -0.662. The van der Waals surface area contributed by atoms with Crippen molar-refractivity contribution in [3.63, 3.8) is 0 Å². The number of carbonyl (C=O) groups excluding carboxylic acids is 2. The number of anilines is 1. The maximum atomic E-state index is 12.0. The van der Waals surface area contributed by atoms with E-state index in [-0.39, 0.29) is 18.9 Å². The van der Waals surface area contributed by atoms with E-state index in [0.29, 0.717) is 0 Å². The summed E-state index contributed by atoms with van der Waals surface area (Å²) in [6.45, 7) is 5.32. The van der Waals surface area contributed by atoms with Crippen LogP contribution in [0.4, 0.5) is 15.4 Å². The highest BCUT2D eigenvalue weighted by atomic mass is 16.6. The zero-order valence-electron chi connectivity index (χ0n) is 11.8. The fourth-order valence-electron chi connectivity index (χ4n) is 1.26. The van der Waals surface area contributed by atoms with E-state index in [1.54, 1.807) is 20.8 Å². The number of nitrogens with one attached hydrogen (secondary N) is 1. The minimum absolute atomic E-state index is 0.0427. The van der Waals surface area contributed by atoms with Crippen LogP contribution in [0.1, 0.15) is 20.8 Å². The van der Waals surface area contributed by atoms with Crippen LogP contribution < -0.4 is 11.1 Å². The third-order valence-corrected chi connectivity index (χ3v) is 2.01. The molecule has 8 nitrogen and oxygen atoms in total. The molecule has 3 amide bonds. The van der Waals surface area contributed by atoms with Crippen LogP contribution in [0.2, 0.25) is 0 Å². The molecule has 0 fully saturated rings. The summed E-state index contributed by atoms with van der Waals surface area (Å²) in [5, 5.41) is 2.45. The molecule has 20 heavy (non-hydrogen) atoms. The number of ether oxygens (including phenoxy) is 1. The van der Waals surface area contributed by atoms with Gasteiger partial charge in [-0.2, -0.15) is 0 Å². The largest absolute Gasteiger partial charge is 0.443 e. The van der Waals surface area contributed by atoms with E-state index in [9.17, 15) is 9.59 Å². The summed E-state index contributed by atoms with van der Waals surface area (Å²) in [4.78, 5) is 32.5. The van der Waals surface area contributed by atoms with Crippen LogP contribution >= 0.6 is 0 Å². The number of imide groups is 1. The minimum atomic E-state index is -0.760. The van der Waals surface area contributed by atoms with Crippen molar-refractivity contribution in [1.29, 1.82) is 0 Å². The van der Waals surface area contributed by atoms with Gasteiger partial charge in [-0.05, 0) is 20.8 Å². The van der Waals surface area contributed by atoms with Crippen LogP contribution in [0.5, 0.6) is 0 Å². The monoisotopic (exact) mass is 281 g/mol. The second-order valence-corrected chi connectivity index (χ2v) is 4.94. The van der Waals surface area contributed by atoms with Crippen LogP contribution in [0, 0.1) is 0 Å². The van der Waals surface area contributed by atoms with Gasteiger partial charge in [0.1, 0.15) is 5.60 Å². The van der Waals surface area contributed by atoms with Gasteiger partial charge >= 0.3 is 12.1 Å². The predicted molar refractivity (Wildman–Crippen MR) is 73.0 cm³/mol. The molecule has 1 heterocycles. The van der Waals surface area contributed by atoms with Crippen LogP contribution in [0.3, 0.4) is 0 Å². The summed E-state index contributed by atoms with van der Waals surface area (Å²) < 4.78 is 5.15. The van der Waals surface area contributed by atoms with Gasteiger partial charge in [0.25, 0.3) is 0 Å². The highest BCUT2D eigenvalue weighted by Crippen LogP contribution is 2.11. The fourth-order valence-corrected chi connectivity index (χ4v) is 1.26. The van der Waals surface area contributed by atoms with E-state index in [4.69, 9.17) is 10.5 Å². The maximum Gasteiger partial charge on any atom is 0.418 e. The van der Waals surface area contributed by atoms with Gasteiger partial charge in [0.2, 0.25) is 0 Å². The first kappa shape index (κ1) is 15.8. The van der Waals surface area contributed by atoms with Crippen LogP contribution in [0.25, 0.3) is 0 Å². The van der Waals surface area contributed by atoms with Gasteiger partial charge in [-0.25, -0.2) is 19.5 Å². The highest BCUT2D eigenvalue weighted by molar-refractivity contribution is 5.98. The molecule has 0 aliphatic carbocycles. The topological polar surface area (TPSA) is 110 Å². The number of nitrogens with two attached hydrogens (primary N) is 1. The molecule has 1 aromatic rings. The molecule has 0 saturated heterocycles. The summed E-state index contributed by atoms with van der Waals surface area (Å²) in [5.74, 6) is 0.239. The second-order valence-electron chi connectivity index (χ2n) is 4.94. The zero-order valence-corrected chi connectivity index (χ0v) is 11.8. The number of hydrogen-bond acceptors (Lipinski definition) is 6. The summed E-state index contributed by atoms with van der Waals surface area (Å²) in [5.41, 5.74) is 4.71. The van der Waals surface area contributed by atoms with Gasteiger partial charge in [0.05, 0.1) is 6.20 Å². The third kappa shape index (κ3) is 5.19. The molecule has 0 aliphatic heterocycles. The number of rotatable bonds is 3. The quantitative estimate of drug-likeness (QED) is 0.861. The van der Waals surface area contributed by atoms with Gasteiger partial charge in [0, 0.05) is 25.5 Å². The van der Waals surface area contributed by atoms with Crippen molar-refractivity contribution in [2.75, 3.05) is 18.4 Å². The molecule has 110 valence electrons. The molecule has 0 unspecified atom stereocenters. The Balaban J connectivity index is 2.74. The number of urea groups is 1. The Kier molecular flexibility index (Phi) is 5.39. The molecule has 0 saturated carbocycles. The van der Waals surface area contributed by atoms with Crippen molar-refractivity contribution in [2.24, 2.45) is 5.73 Å². The average molecular weight is 281 g/mol. The Morgan fingerprint density at radius 1 is 1.40 bits per heavy atom. The van der Waals surface area contributed by atoms with Gasteiger partial charge in [-0.1, -0.05) is 0 Å². The summed E-state index contributed by atoms with van der Waals surface area (Å²) in [6.07, 6.45) is 3.51. The number of carbonyl (C=O) groups is 2. The molecular weight excluding hydrogens is 262 g/mol. The lowest BCUT2D eigenvalue weighted by Crippen LogP contribution is -2.45. The van der Waals surface area contributed by atoms with Crippen molar-refractivity contribution in [2.45, 2.75) is 26.4 Å². The fraction of sp³-hybridized carbons (Fsp3) is 0.500. The lowest BCUT2D eigenvalue weighted by molar-refractivity contribution is 0.0337. The average Bonchev–Trinajstić information content (AvgIpc) is 2.34. The zero-order chi connectivity index (χ0) is 15.2. The molecule has 0 bridgehead atoms. The maximum absolute atomic E-state index is 12.0. The molecule has 0 aliphatic rings. The van der Waals surface area contributed by atoms with E-state index < -0.39 is 17.7 Å². The molecular formula is C12H19N5O3. The first-order valence-corrected chi connectivity index (χ1v) is 6.11. The van der Waals surface area contributed by atoms with Crippen molar-refractivity contribution in [3.05, 3.63) is 18.6 Å². The van der Waals surface area contributed by atoms with Gasteiger partial charge in [0.15, 0.2) is 5.82 Å². The Hall–Kier alpha value is -2.22. The number of hydrogen-bond donors (Lipinski definition) is 2. The number of nitrogens with zero attached hydrogens (tertiary/aromatic N) is 3. The Bertz CT molecular complexity index is 458. The SMILES string of the molecule is CC(C)(C)OC(=O)N(CCN)C(=O)Nc1cnccn1. The number of aromatic nitrogens is 2. The molecule has 8 heteroatoms. The first-order chi connectivity index (χ1) is 9.33. The third-order valence-electron chi connectivity index (χ3n) is 2.01. The van der Waals surface area contributed by atoms with Crippen molar-refractivity contribution in [1.82, 2.24) is 14.9 Å². The summed E-state index contributed by atoms with van der Waals surface area (Å²) in [7, 11) is 0. The number of amides is 3. The molecule has 0 spiro atoms. The lowest BCUT2D eigenvalue weighted by atomic mass is 10.2. The summed E-state index contributed by atoms with van der Waals surface area (Å²) >= 11 is 0. The van der Waals surface area contributed by atoms with Crippen LogP contribution in [-0.4, -0.2) is 45.7 Å². The standard InChI is InChI=1S/C12H19N5O3/c1-12(2,3)20-11(19)17(7-4-13)10(18)16-9-8-14-5-6-15-9/h5-6,8H,4,7,13H2,1-3H3,(H,15,16,18). The second kappa shape index (κ2) is 6.80. The van der Waals surface area contributed by atoms with Gasteiger partial charge in [-0.3, -0.25) is 10.3 Å². The van der Waals surface area contributed by atoms with E-state index in [1.807, 2.05) is 0 Å². The normalized spacial score (nSPS) is 10.8. The van der Waals surface area contributed by atoms with E-state index in [2.05, 4.69) is 15.3 Å². The predicted octanol–water partition coefficient (Wildman–Crippen LogP) is 1.20. The Morgan fingerprint density at radius 2 is 2.10 bits per heavy atom. The smallest absolute Gasteiger partial charge is 0.418 e. The molecule has 3 N–H and O–H groups in total. The highest BCUT2D eigenvalue weighted by Gasteiger charge is 2.26. The first-order valence-electron chi connectivity index (χ1n) is 6.11. The van der Waals surface area contributed by atoms with Crippen LogP contribution in [0.15, 0.2) is 18.6 Å². The minimum Gasteiger partial charge on any atom is -0.443 e.